The Morgan fingerprint density at radius 1 is 1.06 bits per heavy atom. The quantitative estimate of drug-likeness (QED) is 0.178. The number of benzene rings is 2. The normalized spacial score (nSPS) is 23.2. The third-order valence-electron chi connectivity index (χ3n) is 13.9. The molecule has 0 saturated carbocycles. The van der Waals surface area contributed by atoms with Gasteiger partial charge in [0, 0.05) is 80.8 Å². The Morgan fingerprint density at radius 3 is 2.58 bits per heavy atom. The number of nitrogens with zero attached hydrogens (tertiary/aromatic N) is 5. The van der Waals surface area contributed by atoms with Gasteiger partial charge in [-0.25, -0.2) is 5.43 Å². The van der Waals surface area contributed by atoms with Crippen LogP contribution in [0, 0.1) is 29.1 Å². The van der Waals surface area contributed by atoms with Gasteiger partial charge < -0.3 is 29.2 Å². The van der Waals surface area contributed by atoms with E-state index < -0.39 is 53.3 Å². The Kier molecular flexibility index (Phi) is 12.9. The number of rotatable bonds is 7. The minimum absolute atomic E-state index is 0.0776. The number of likely N-dealkylation sites (tertiary alicyclic amines) is 1. The maximum absolute atomic E-state index is 14.8. The Morgan fingerprint density at radius 2 is 1.85 bits per heavy atom. The molecule has 2 aromatic heterocycles. The summed E-state index contributed by atoms with van der Waals surface area (Å²) in [5.41, 5.74) is 10.4. The highest BCUT2D eigenvalue weighted by Gasteiger charge is 2.48. The Balaban J connectivity index is 1.18. The molecule has 6 bridgehead atoms. The van der Waals surface area contributed by atoms with Crippen LogP contribution in [0.3, 0.4) is 0 Å². The van der Waals surface area contributed by atoms with Gasteiger partial charge in [0.1, 0.15) is 24.2 Å². The van der Waals surface area contributed by atoms with Crippen LogP contribution >= 0.6 is 0 Å². The summed E-state index contributed by atoms with van der Waals surface area (Å²) in [6.07, 6.45) is 2.97. The van der Waals surface area contributed by atoms with E-state index in [2.05, 4.69) is 84.3 Å². The molecule has 1 unspecified atom stereocenters. The van der Waals surface area contributed by atoms with Crippen LogP contribution in [0.1, 0.15) is 89.6 Å². The van der Waals surface area contributed by atoms with Crippen LogP contribution in [0.2, 0.25) is 0 Å². The highest BCUT2D eigenvalue weighted by Crippen LogP contribution is 2.57. The maximum atomic E-state index is 14.8. The number of hydrogen-bond donors (Lipinski definition) is 2. The highest BCUT2D eigenvalue weighted by atomic mass is 16.5. The summed E-state index contributed by atoms with van der Waals surface area (Å²) in [5, 5.41) is 5.57. The van der Waals surface area contributed by atoms with Crippen molar-refractivity contribution in [1.82, 2.24) is 35.1 Å². The topological polar surface area (TPSA) is 155 Å². The molecule has 14 heteroatoms. The van der Waals surface area contributed by atoms with Gasteiger partial charge in [0.2, 0.25) is 11.8 Å². The van der Waals surface area contributed by atoms with Crippen LogP contribution in [0.4, 0.5) is 0 Å². The fourth-order valence-electron chi connectivity index (χ4n) is 10.7. The van der Waals surface area contributed by atoms with Crippen molar-refractivity contribution in [3.8, 4) is 34.2 Å². The van der Waals surface area contributed by atoms with E-state index in [9.17, 15) is 24.0 Å². The summed E-state index contributed by atoms with van der Waals surface area (Å²) in [6.45, 7) is 13.4. The fraction of sp³-hybridized carbons (Fsp3) is 0.490. The van der Waals surface area contributed by atoms with Crippen molar-refractivity contribution in [2.45, 2.75) is 104 Å². The van der Waals surface area contributed by atoms with E-state index in [4.69, 9.17) is 14.5 Å². The molecule has 1 aliphatic carbocycles. The van der Waals surface area contributed by atoms with Crippen molar-refractivity contribution in [3.05, 3.63) is 77.6 Å². The summed E-state index contributed by atoms with van der Waals surface area (Å²) in [5.74, 6) is 2.21. The third kappa shape index (κ3) is 8.52. The molecule has 14 nitrogen and oxygen atoms in total. The second-order valence-corrected chi connectivity index (χ2v) is 18.9. The number of amides is 4. The maximum Gasteiger partial charge on any atom is 0.324 e. The van der Waals surface area contributed by atoms with Crippen molar-refractivity contribution < 1.29 is 33.4 Å². The molecule has 2 aromatic carbocycles. The predicted octanol–water partition coefficient (Wildman–Crippen LogP) is 5.64. The number of methoxy groups -OCH3 is 1. The van der Waals surface area contributed by atoms with Crippen LogP contribution < -0.4 is 10.7 Å². The smallest absolute Gasteiger partial charge is 0.324 e. The molecule has 4 amide bonds. The molecule has 65 heavy (non-hydrogen) atoms. The molecule has 2 fully saturated rings. The molecular formula is C51H61N7O7. The lowest BCUT2D eigenvalue weighted by molar-refractivity contribution is -0.156. The van der Waals surface area contributed by atoms with Crippen LogP contribution in [-0.2, 0) is 46.4 Å². The highest BCUT2D eigenvalue weighted by molar-refractivity contribution is 5.98. The van der Waals surface area contributed by atoms with Gasteiger partial charge in [0.15, 0.2) is 0 Å². The molecule has 4 aromatic rings. The first-order valence-electron chi connectivity index (χ1n) is 22.9. The summed E-state index contributed by atoms with van der Waals surface area (Å²) in [7, 11) is 3.32. The van der Waals surface area contributed by atoms with Crippen LogP contribution in [-0.4, -0.2) is 112 Å². The van der Waals surface area contributed by atoms with Gasteiger partial charge in [0.05, 0.1) is 23.9 Å². The lowest BCUT2D eigenvalue weighted by Gasteiger charge is -2.42. The first-order chi connectivity index (χ1) is 31.2. The molecule has 3 aliphatic heterocycles. The fourth-order valence-corrected chi connectivity index (χ4v) is 10.7. The summed E-state index contributed by atoms with van der Waals surface area (Å²) in [6, 6.07) is 15.8. The molecule has 2 N–H and O–H groups in total. The van der Waals surface area contributed by atoms with E-state index in [1.54, 1.807) is 32.2 Å². The van der Waals surface area contributed by atoms with Gasteiger partial charge in [-0.3, -0.25) is 34.0 Å². The van der Waals surface area contributed by atoms with E-state index in [-0.39, 0.29) is 43.2 Å². The van der Waals surface area contributed by atoms with Crippen LogP contribution in [0.15, 0.2) is 60.8 Å². The monoisotopic (exact) mass is 883 g/mol. The second kappa shape index (κ2) is 18.4. The number of carbonyl (C=O) groups excluding carboxylic acids is 5. The molecule has 0 spiro atoms. The largest absolute Gasteiger partial charge is 0.464 e. The molecular weight excluding hydrogens is 823 g/mol. The number of ether oxygens (including phenoxy) is 2. The number of aryl methyl sites for hydroxylation is 1. The lowest BCUT2D eigenvalue weighted by Crippen LogP contribution is -2.62. The first-order valence-corrected chi connectivity index (χ1v) is 22.9. The van der Waals surface area contributed by atoms with E-state index in [1.165, 1.54) is 9.91 Å². The SMILES string of the molecule is CC#CC(=O)N1CC[C@H](C(=O)N(C)[C@H](C(=O)N[C@H]2Cc3cccc(c3)-c3ccc4c(c3)c3c(n4CC)-c4cccnc4[C@@H](OC)C3C(C)(C)COC(=O)[C@@H]3CCCN(N3)C2=O)C(C)C)C1. The van der Waals surface area contributed by atoms with Crippen molar-refractivity contribution in [1.29, 1.82) is 0 Å². The van der Waals surface area contributed by atoms with Gasteiger partial charge in [-0.15, -0.1) is 0 Å². The number of cyclic esters (lactones) is 1. The van der Waals surface area contributed by atoms with E-state index in [1.807, 2.05) is 32.0 Å². The van der Waals surface area contributed by atoms with Crippen molar-refractivity contribution in [3.63, 3.8) is 0 Å². The van der Waals surface area contributed by atoms with Crippen LogP contribution in [0.25, 0.3) is 33.3 Å². The zero-order chi connectivity index (χ0) is 46.3. The van der Waals surface area contributed by atoms with E-state index in [0.717, 1.165) is 56.7 Å². The average molecular weight is 884 g/mol. The van der Waals surface area contributed by atoms with Crippen molar-refractivity contribution in [2.75, 3.05) is 40.4 Å². The predicted molar refractivity (Wildman–Crippen MR) is 247 cm³/mol. The molecule has 2 saturated heterocycles. The number of aromatic nitrogens is 2. The summed E-state index contributed by atoms with van der Waals surface area (Å²) in [4.78, 5) is 77.7. The van der Waals surface area contributed by atoms with Crippen molar-refractivity contribution in [2.24, 2.45) is 17.3 Å². The third-order valence-corrected chi connectivity index (χ3v) is 13.9. The molecule has 5 heterocycles. The number of likely N-dealkylation sites (N-methyl/N-ethyl adjacent to an activating group) is 1. The number of carbonyl (C=O) groups is 5. The zero-order valence-electron chi connectivity index (χ0n) is 38.8. The van der Waals surface area contributed by atoms with Gasteiger partial charge >= 0.3 is 5.97 Å². The summed E-state index contributed by atoms with van der Waals surface area (Å²) >= 11 is 0. The number of pyridine rings is 1. The Bertz CT molecular complexity index is 2590. The minimum atomic E-state index is -1.05. The lowest BCUT2D eigenvalue weighted by atomic mass is 9.67. The van der Waals surface area contributed by atoms with E-state index in [0.29, 0.717) is 32.4 Å². The number of hydrogen-bond acceptors (Lipinski definition) is 9. The average Bonchev–Trinajstić information content (AvgIpc) is 3.93. The second-order valence-electron chi connectivity index (χ2n) is 18.9. The standard InChI is InChI=1S/C51H61N7O7/c1-9-14-40(59)56-24-21-34(28-56)48(61)55(7)44(30(3)4)47(60)53-38-26-31-15-11-16-32(25-31)33-19-20-39-36(27-33)41-42(46(64-8)43-35(17-12-22-52-43)45(41)57(39)10-2)51(5,6)29-65-50(63)37-18-13-23-58(54-37)49(38)62/h11-12,15-17,19-20,22,25,27,30,34,37-38,42,44,46,54H,10,13,18,21,23-24,26,28-29H2,1-8H3,(H,53,60)/t34-,37-,38-,42?,44-,46-/m0/s1. The number of nitrogens with one attached hydrogen (secondary N) is 2. The molecule has 0 radical (unpaired) electrons. The number of esters is 1. The number of hydrazine groups is 1. The van der Waals surface area contributed by atoms with E-state index >= 15 is 0 Å². The van der Waals surface area contributed by atoms with Gasteiger partial charge in [-0.1, -0.05) is 63.9 Å². The summed E-state index contributed by atoms with van der Waals surface area (Å²) < 4.78 is 14.9. The minimum Gasteiger partial charge on any atom is -0.464 e. The van der Waals surface area contributed by atoms with Gasteiger partial charge in [0.25, 0.3) is 11.8 Å². The number of fused-ring (bicyclic) bond motifs is 8. The van der Waals surface area contributed by atoms with Gasteiger partial charge in [-0.2, -0.15) is 0 Å². The zero-order valence-corrected chi connectivity index (χ0v) is 38.8. The Labute approximate surface area is 381 Å². The molecule has 8 rings (SSSR count). The molecule has 342 valence electrons. The van der Waals surface area contributed by atoms with Crippen molar-refractivity contribution >= 4 is 40.5 Å². The molecule has 4 aliphatic rings. The molecule has 6 atom stereocenters. The van der Waals surface area contributed by atoms with Gasteiger partial charge in [-0.05, 0) is 91.5 Å². The Hall–Kier alpha value is -6.04. The van der Waals surface area contributed by atoms with Crippen LogP contribution in [0.5, 0.6) is 0 Å². The first kappa shape index (κ1) is 45.5.